The molecule has 0 aliphatic rings. The number of aromatic nitrogens is 2. The third-order valence-electron chi connectivity index (χ3n) is 3.24. The number of hydrogen-bond donors (Lipinski definition) is 1. The smallest absolute Gasteiger partial charge is 0.255 e. The molecule has 5 heteroatoms. The number of nitrogens with one attached hydrogen (secondary N) is 1. The van der Waals surface area contributed by atoms with Gasteiger partial charge in [0.2, 0.25) is 0 Å². The lowest BCUT2D eigenvalue weighted by Gasteiger charge is -2.24. The zero-order valence-corrected chi connectivity index (χ0v) is 13.3. The predicted molar refractivity (Wildman–Crippen MR) is 81.2 cm³/mol. The Morgan fingerprint density at radius 2 is 2.14 bits per heavy atom. The second-order valence-corrected chi connectivity index (χ2v) is 6.44. The highest BCUT2D eigenvalue weighted by Crippen LogP contribution is 2.25. The van der Waals surface area contributed by atoms with Crippen molar-refractivity contribution in [2.75, 3.05) is 0 Å². The van der Waals surface area contributed by atoms with Gasteiger partial charge in [0.25, 0.3) is 5.91 Å². The van der Waals surface area contributed by atoms with Crippen molar-refractivity contribution in [3.8, 4) is 0 Å². The lowest BCUT2D eigenvalue weighted by Crippen LogP contribution is -2.28. The van der Waals surface area contributed by atoms with Crippen LogP contribution in [0.15, 0.2) is 29.0 Å². The molecule has 0 saturated heterocycles. The van der Waals surface area contributed by atoms with Crippen LogP contribution in [0.4, 0.5) is 0 Å². The van der Waals surface area contributed by atoms with Crippen molar-refractivity contribution in [1.29, 1.82) is 0 Å². The SMILES string of the molecule is CC(C)c1c(C(=O)NCc2ccco2)cnn1C(C)(C)C. The molecule has 1 amide bonds. The molecular formula is C16H23N3O2. The van der Waals surface area contributed by atoms with Crippen LogP contribution in [-0.2, 0) is 12.1 Å². The van der Waals surface area contributed by atoms with Gasteiger partial charge < -0.3 is 9.73 Å². The Morgan fingerprint density at radius 3 is 2.67 bits per heavy atom. The van der Waals surface area contributed by atoms with Crippen molar-refractivity contribution >= 4 is 5.91 Å². The minimum atomic E-state index is -0.154. The number of rotatable bonds is 4. The molecular weight excluding hydrogens is 266 g/mol. The molecule has 0 saturated carbocycles. The van der Waals surface area contributed by atoms with Gasteiger partial charge >= 0.3 is 0 Å². The molecule has 0 atom stereocenters. The normalized spacial score (nSPS) is 11.9. The Labute approximate surface area is 125 Å². The Bertz CT molecular complexity index is 604. The molecule has 0 unspecified atom stereocenters. The van der Waals surface area contributed by atoms with Gasteiger partial charge in [0.05, 0.1) is 35.8 Å². The van der Waals surface area contributed by atoms with E-state index in [9.17, 15) is 4.79 Å². The summed E-state index contributed by atoms with van der Waals surface area (Å²) in [5.74, 6) is 0.833. The molecule has 2 aromatic heterocycles. The highest BCUT2D eigenvalue weighted by Gasteiger charge is 2.25. The van der Waals surface area contributed by atoms with Crippen LogP contribution < -0.4 is 5.32 Å². The first kappa shape index (κ1) is 15.4. The van der Waals surface area contributed by atoms with E-state index in [0.29, 0.717) is 12.1 Å². The first-order chi connectivity index (χ1) is 9.80. The van der Waals surface area contributed by atoms with Crippen LogP contribution in [0.25, 0.3) is 0 Å². The molecule has 0 fully saturated rings. The topological polar surface area (TPSA) is 60.1 Å². The highest BCUT2D eigenvalue weighted by atomic mass is 16.3. The van der Waals surface area contributed by atoms with Crippen molar-refractivity contribution in [2.45, 2.75) is 52.6 Å². The van der Waals surface area contributed by atoms with Gasteiger partial charge in [0, 0.05) is 0 Å². The minimum Gasteiger partial charge on any atom is -0.467 e. The lowest BCUT2D eigenvalue weighted by atomic mass is 10.0. The van der Waals surface area contributed by atoms with E-state index in [0.717, 1.165) is 11.5 Å². The second-order valence-electron chi connectivity index (χ2n) is 6.44. The Balaban J connectivity index is 2.23. The molecule has 0 aliphatic heterocycles. The zero-order chi connectivity index (χ0) is 15.6. The molecule has 114 valence electrons. The van der Waals surface area contributed by atoms with Crippen molar-refractivity contribution < 1.29 is 9.21 Å². The monoisotopic (exact) mass is 289 g/mol. The first-order valence-corrected chi connectivity index (χ1v) is 7.19. The molecule has 21 heavy (non-hydrogen) atoms. The maximum atomic E-state index is 12.4. The van der Waals surface area contributed by atoms with Crippen LogP contribution in [0.5, 0.6) is 0 Å². The van der Waals surface area contributed by atoms with Gasteiger partial charge in [-0.05, 0) is 38.8 Å². The fourth-order valence-corrected chi connectivity index (χ4v) is 2.30. The van der Waals surface area contributed by atoms with E-state index in [1.807, 2.05) is 10.7 Å². The van der Waals surface area contributed by atoms with Gasteiger partial charge in [0.1, 0.15) is 5.76 Å². The number of furan rings is 1. The van der Waals surface area contributed by atoms with E-state index in [2.05, 4.69) is 45.0 Å². The second kappa shape index (κ2) is 5.76. The maximum absolute atomic E-state index is 12.4. The Kier molecular flexibility index (Phi) is 4.21. The maximum Gasteiger partial charge on any atom is 0.255 e. The summed E-state index contributed by atoms with van der Waals surface area (Å²) in [4.78, 5) is 12.4. The van der Waals surface area contributed by atoms with Gasteiger partial charge in [0.15, 0.2) is 0 Å². The number of carbonyl (C=O) groups is 1. The van der Waals surface area contributed by atoms with E-state index in [1.54, 1.807) is 18.5 Å². The molecule has 0 radical (unpaired) electrons. The van der Waals surface area contributed by atoms with E-state index in [4.69, 9.17) is 4.42 Å². The van der Waals surface area contributed by atoms with Crippen molar-refractivity contribution in [3.05, 3.63) is 41.6 Å². The quantitative estimate of drug-likeness (QED) is 0.939. The molecule has 5 nitrogen and oxygen atoms in total. The third-order valence-corrected chi connectivity index (χ3v) is 3.24. The highest BCUT2D eigenvalue weighted by molar-refractivity contribution is 5.95. The average molecular weight is 289 g/mol. The summed E-state index contributed by atoms with van der Waals surface area (Å²) < 4.78 is 7.15. The molecule has 0 bridgehead atoms. The molecule has 0 spiro atoms. The van der Waals surface area contributed by atoms with Crippen molar-refractivity contribution in [2.24, 2.45) is 0 Å². The predicted octanol–water partition coefficient (Wildman–Crippen LogP) is 3.28. The van der Waals surface area contributed by atoms with Gasteiger partial charge in [-0.25, -0.2) is 0 Å². The molecule has 2 aromatic rings. The molecule has 1 N–H and O–H groups in total. The van der Waals surface area contributed by atoms with Crippen LogP contribution in [-0.4, -0.2) is 15.7 Å². The van der Waals surface area contributed by atoms with Gasteiger partial charge in [-0.2, -0.15) is 5.10 Å². The number of hydrogen-bond acceptors (Lipinski definition) is 3. The Hall–Kier alpha value is -2.04. The minimum absolute atomic E-state index is 0.120. The van der Waals surface area contributed by atoms with Gasteiger partial charge in [-0.3, -0.25) is 9.48 Å². The van der Waals surface area contributed by atoms with Crippen LogP contribution >= 0.6 is 0 Å². The standard InChI is InChI=1S/C16H23N3O2/c1-11(2)14-13(10-18-19(14)16(3,4)5)15(20)17-9-12-7-6-8-21-12/h6-8,10-11H,9H2,1-5H3,(H,17,20). The fourth-order valence-electron chi connectivity index (χ4n) is 2.30. The van der Waals surface area contributed by atoms with E-state index >= 15 is 0 Å². The molecule has 2 rings (SSSR count). The summed E-state index contributed by atoms with van der Waals surface area (Å²) in [6, 6.07) is 3.64. The number of amides is 1. The van der Waals surface area contributed by atoms with Crippen LogP contribution in [0.3, 0.4) is 0 Å². The summed E-state index contributed by atoms with van der Waals surface area (Å²) in [6.07, 6.45) is 3.25. The van der Waals surface area contributed by atoms with Crippen LogP contribution in [0, 0.1) is 0 Å². The summed E-state index contributed by atoms with van der Waals surface area (Å²) in [5, 5.41) is 7.28. The summed E-state index contributed by atoms with van der Waals surface area (Å²) in [6.45, 7) is 10.8. The van der Waals surface area contributed by atoms with E-state index in [-0.39, 0.29) is 17.4 Å². The Morgan fingerprint density at radius 1 is 1.43 bits per heavy atom. The van der Waals surface area contributed by atoms with Crippen LogP contribution in [0.1, 0.15) is 62.3 Å². The largest absolute Gasteiger partial charge is 0.467 e. The molecule has 0 aliphatic carbocycles. The summed E-state index contributed by atoms with van der Waals surface area (Å²) in [5.41, 5.74) is 1.44. The van der Waals surface area contributed by atoms with Crippen molar-refractivity contribution in [1.82, 2.24) is 15.1 Å². The summed E-state index contributed by atoms with van der Waals surface area (Å²) in [7, 11) is 0. The molecule has 0 aromatic carbocycles. The third kappa shape index (κ3) is 3.35. The lowest BCUT2D eigenvalue weighted by molar-refractivity contribution is 0.0946. The molecule has 2 heterocycles. The zero-order valence-electron chi connectivity index (χ0n) is 13.3. The van der Waals surface area contributed by atoms with Gasteiger partial charge in [-0.1, -0.05) is 13.8 Å². The first-order valence-electron chi connectivity index (χ1n) is 7.19. The van der Waals surface area contributed by atoms with E-state index < -0.39 is 0 Å². The summed E-state index contributed by atoms with van der Waals surface area (Å²) >= 11 is 0. The van der Waals surface area contributed by atoms with Gasteiger partial charge in [-0.15, -0.1) is 0 Å². The number of nitrogens with zero attached hydrogens (tertiary/aromatic N) is 2. The fraction of sp³-hybridized carbons (Fsp3) is 0.500. The average Bonchev–Trinajstić information content (AvgIpc) is 3.03. The van der Waals surface area contributed by atoms with E-state index in [1.165, 1.54) is 0 Å². The van der Waals surface area contributed by atoms with Crippen molar-refractivity contribution in [3.63, 3.8) is 0 Å². The van der Waals surface area contributed by atoms with Crippen LogP contribution in [0.2, 0.25) is 0 Å². The number of carbonyl (C=O) groups excluding carboxylic acids is 1.